The van der Waals surface area contributed by atoms with Crippen molar-refractivity contribution in [1.29, 1.82) is 0 Å². The maximum absolute atomic E-state index is 6.56. The zero-order valence-corrected chi connectivity index (χ0v) is 30.3. The van der Waals surface area contributed by atoms with Gasteiger partial charge in [-0.15, -0.1) is 0 Å². The van der Waals surface area contributed by atoms with Crippen LogP contribution in [0.2, 0.25) is 0 Å². The van der Waals surface area contributed by atoms with Crippen molar-refractivity contribution in [2.45, 2.75) is 11.6 Å². The lowest BCUT2D eigenvalue weighted by Gasteiger charge is -2.30. The first-order valence-corrected chi connectivity index (χ1v) is 19.2. The molecule has 0 saturated carbocycles. The summed E-state index contributed by atoms with van der Waals surface area (Å²) in [6, 6.07) is 67.4. The molecule has 3 aliphatic rings. The van der Waals surface area contributed by atoms with Gasteiger partial charge in [-0.3, -0.25) is 0 Å². The molecule has 1 spiro atoms. The van der Waals surface area contributed by atoms with Crippen LogP contribution in [0, 0.1) is 0 Å². The molecular formula is C52H33N3O. The van der Waals surface area contributed by atoms with Crippen LogP contribution in [-0.2, 0) is 5.41 Å². The van der Waals surface area contributed by atoms with Gasteiger partial charge in [0.25, 0.3) is 0 Å². The van der Waals surface area contributed by atoms with Crippen LogP contribution < -0.4 is 5.32 Å². The van der Waals surface area contributed by atoms with Crippen LogP contribution in [0.15, 0.2) is 202 Å². The van der Waals surface area contributed by atoms with Crippen LogP contribution in [-0.4, -0.2) is 11.7 Å². The molecule has 4 heteroatoms. The van der Waals surface area contributed by atoms with Crippen LogP contribution >= 0.6 is 0 Å². The minimum absolute atomic E-state index is 0.359. The van der Waals surface area contributed by atoms with Gasteiger partial charge in [0.05, 0.1) is 5.41 Å². The monoisotopic (exact) mass is 715 g/mol. The van der Waals surface area contributed by atoms with Gasteiger partial charge in [-0.05, 0) is 91.5 Å². The Labute approximate surface area is 324 Å². The zero-order chi connectivity index (χ0) is 36.8. The highest BCUT2D eigenvalue weighted by Crippen LogP contribution is 2.63. The number of amidine groups is 2. The number of nitrogens with one attached hydrogen (secondary N) is 1. The second kappa shape index (κ2) is 11.8. The first kappa shape index (κ1) is 31.1. The Hall–Kier alpha value is -7.30. The molecule has 1 unspecified atom stereocenters. The van der Waals surface area contributed by atoms with Crippen LogP contribution in [0.3, 0.4) is 0 Å². The lowest BCUT2D eigenvalue weighted by Crippen LogP contribution is -2.36. The number of rotatable bonds is 4. The molecule has 2 heterocycles. The van der Waals surface area contributed by atoms with Gasteiger partial charge < -0.3 is 9.73 Å². The van der Waals surface area contributed by atoms with E-state index in [-0.39, 0.29) is 11.6 Å². The fraction of sp³-hybridized carbons (Fsp3) is 0.0385. The number of furan rings is 1. The van der Waals surface area contributed by atoms with Crippen molar-refractivity contribution in [3.05, 3.63) is 227 Å². The molecule has 2 aliphatic carbocycles. The third-order valence-corrected chi connectivity index (χ3v) is 12.0. The largest absolute Gasteiger partial charge is 0.456 e. The van der Waals surface area contributed by atoms with E-state index in [0.29, 0.717) is 0 Å². The maximum Gasteiger partial charge on any atom is 0.169 e. The summed E-state index contributed by atoms with van der Waals surface area (Å²) in [6.07, 6.45) is -0.359. The molecular weight excluding hydrogens is 683 g/mol. The molecule has 0 radical (unpaired) electrons. The fourth-order valence-electron chi connectivity index (χ4n) is 9.49. The highest BCUT2D eigenvalue weighted by Gasteiger charge is 2.51. The smallest absolute Gasteiger partial charge is 0.169 e. The Balaban J connectivity index is 0.965. The second-order valence-corrected chi connectivity index (χ2v) is 14.9. The van der Waals surface area contributed by atoms with E-state index >= 15 is 0 Å². The van der Waals surface area contributed by atoms with Gasteiger partial charge in [-0.1, -0.05) is 158 Å². The van der Waals surface area contributed by atoms with Gasteiger partial charge in [0, 0.05) is 21.9 Å². The number of fused-ring (bicyclic) bond motifs is 13. The maximum atomic E-state index is 6.56. The van der Waals surface area contributed by atoms with E-state index in [9.17, 15) is 0 Å². The van der Waals surface area contributed by atoms with Crippen LogP contribution in [0.25, 0.3) is 55.3 Å². The number of hydrogen-bond acceptors (Lipinski definition) is 4. The highest BCUT2D eigenvalue weighted by atomic mass is 16.3. The lowest BCUT2D eigenvalue weighted by molar-refractivity contribution is 0.668. The summed E-state index contributed by atoms with van der Waals surface area (Å²) in [6.45, 7) is 0. The molecule has 8 aromatic carbocycles. The van der Waals surface area contributed by atoms with Crippen molar-refractivity contribution in [3.63, 3.8) is 0 Å². The molecule has 1 aromatic heterocycles. The SMILES string of the molecule is c1ccc(C2=NC(c3ccccc3)N=C(c3ccc4c(c3)oc3ccc(-c5ccc6c(c5)C5(c7ccccc7-c7ccccc75)c5ccccc5-6)cc34)N2)cc1. The summed E-state index contributed by atoms with van der Waals surface area (Å²) in [5.41, 5.74) is 17.3. The Morgan fingerprint density at radius 3 is 1.61 bits per heavy atom. The van der Waals surface area contributed by atoms with Crippen LogP contribution in [0.5, 0.6) is 0 Å². The van der Waals surface area contributed by atoms with Crippen molar-refractivity contribution in [1.82, 2.24) is 5.32 Å². The lowest BCUT2D eigenvalue weighted by atomic mass is 9.70. The average Bonchev–Trinajstić information content (AvgIpc) is 3.90. The van der Waals surface area contributed by atoms with Crippen molar-refractivity contribution in [2.24, 2.45) is 9.98 Å². The van der Waals surface area contributed by atoms with Gasteiger partial charge in [0.2, 0.25) is 0 Å². The number of nitrogens with zero attached hydrogens (tertiary/aromatic N) is 2. The van der Waals surface area contributed by atoms with E-state index in [4.69, 9.17) is 14.4 Å². The minimum atomic E-state index is -0.377. The Morgan fingerprint density at radius 2 is 0.929 bits per heavy atom. The first-order chi connectivity index (χ1) is 27.7. The van der Waals surface area contributed by atoms with Crippen LogP contribution in [0.4, 0.5) is 0 Å². The Kier molecular flexibility index (Phi) is 6.58. The summed E-state index contributed by atoms with van der Waals surface area (Å²) in [4.78, 5) is 10.1. The molecule has 9 aromatic rings. The van der Waals surface area contributed by atoms with Crippen molar-refractivity contribution >= 4 is 33.6 Å². The quantitative estimate of drug-likeness (QED) is 0.197. The number of aliphatic imine (C=N–C) groups is 2. The zero-order valence-electron chi connectivity index (χ0n) is 30.3. The fourth-order valence-corrected chi connectivity index (χ4v) is 9.49. The van der Waals surface area contributed by atoms with Gasteiger partial charge in [-0.25, -0.2) is 9.98 Å². The molecule has 0 saturated heterocycles. The second-order valence-electron chi connectivity index (χ2n) is 14.9. The van der Waals surface area contributed by atoms with E-state index in [1.807, 2.05) is 36.4 Å². The molecule has 56 heavy (non-hydrogen) atoms. The van der Waals surface area contributed by atoms with E-state index < -0.39 is 0 Å². The molecule has 4 nitrogen and oxygen atoms in total. The van der Waals surface area contributed by atoms with Gasteiger partial charge in [0.1, 0.15) is 22.8 Å². The summed E-state index contributed by atoms with van der Waals surface area (Å²) in [5, 5.41) is 5.69. The van der Waals surface area contributed by atoms with Gasteiger partial charge in [0.15, 0.2) is 6.17 Å². The Morgan fingerprint density at radius 1 is 0.393 bits per heavy atom. The van der Waals surface area contributed by atoms with Gasteiger partial charge >= 0.3 is 0 Å². The average molecular weight is 716 g/mol. The van der Waals surface area contributed by atoms with E-state index in [0.717, 1.165) is 55.9 Å². The third kappa shape index (κ3) is 4.41. The topological polar surface area (TPSA) is 49.9 Å². The Bertz CT molecular complexity index is 3060. The normalized spacial score (nSPS) is 15.8. The molecule has 0 bridgehead atoms. The summed E-state index contributed by atoms with van der Waals surface area (Å²) >= 11 is 0. The molecule has 1 atom stereocenters. The number of hydrogen-bond donors (Lipinski definition) is 1. The van der Waals surface area contributed by atoms with Gasteiger partial charge in [-0.2, -0.15) is 0 Å². The molecule has 262 valence electrons. The molecule has 0 amide bonds. The molecule has 1 aliphatic heterocycles. The predicted molar refractivity (Wildman–Crippen MR) is 227 cm³/mol. The van der Waals surface area contributed by atoms with E-state index in [1.165, 1.54) is 50.1 Å². The van der Waals surface area contributed by atoms with Crippen molar-refractivity contribution in [2.75, 3.05) is 0 Å². The summed E-state index contributed by atoms with van der Waals surface area (Å²) in [7, 11) is 0. The summed E-state index contributed by atoms with van der Waals surface area (Å²) < 4.78 is 6.56. The van der Waals surface area contributed by atoms with E-state index in [2.05, 4.69) is 157 Å². The number of benzene rings is 8. The minimum Gasteiger partial charge on any atom is -0.456 e. The van der Waals surface area contributed by atoms with Crippen molar-refractivity contribution < 1.29 is 4.42 Å². The third-order valence-electron chi connectivity index (χ3n) is 12.0. The molecule has 12 rings (SSSR count). The van der Waals surface area contributed by atoms with E-state index in [1.54, 1.807) is 0 Å². The molecule has 0 fully saturated rings. The predicted octanol–water partition coefficient (Wildman–Crippen LogP) is 12.1. The summed E-state index contributed by atoms with van der Waals surface area (Å²) in [5.74, 6) is 1.56. The van der Waals surface area contributed by atoms with Crippen LogP contribution in [0.1, 0.15) is 45.1 Å². The first-order valence-electron chi connectivity index (χ1n) is 19.2. The molecule has 1 N–H and O–H groups in total. The highest BCUT2D eigenvalue weighted by molar-refractivity contribution is 6.17. The van der Waals surface area contributed by atoms with Crippen molar-refractivity contribution in [3.8, 4) is 33.4 Å². The standard InChI is InChI=1S/C52H33N3O/c1-3-13-32(14-4-1)49-53-50(33-15-5-2-6-16-33)55-51(54-49)36-24-27-41-42-29-34(25-28-47(42)56-48(41)31-36)35-23-26-40-39-19-9-12-22-45(39)52(46(40)30-35)43-20-10-7-17-37(43)38-18-8-11-21-44(38)52/h1-31,49H,(H,53,54,55).